The van der Waals surface area contributed by atoms with E-state index in [1.54, 1.807) is 0 Å². The summed E-state index contributed by atoms with van der Waals surface area (Å²) in [5, 5.41) is 8.62. The first-order chi connectivity index (χ1) is 11.4. The van der Waals surface area contributed by atoms with Gasteiger partial charge < -0.3 is 4.42 Å². The van der Waals surface area contributed by atoms with Gasteiger partial charge in [0.1, 0.15) is 5.52 Å². The smallest absolute Gasteiger partial charge is 0.229 e. The third-order valence-electron chi connectivity index (χ3n) is 3.46. The number of aromatic nitrogens is 1. The van der Waals surface area contributed by atoms with Crippen molar-refractivity contribution >= 4 is 22.5 Å². The van der Waals surface area contributed by atoms with Crippen molar-refractivity contribution in [2.45, 2.75) is 0 Å². The fraction of sp³-hybridized carbons (Fsp3) is 0. The molecule has 4 rings (SSSR count). The summed E-state index contributed by atoms with van der Waals surface area (Å²) in [6.45, 7) is 0. The van der Waals surface area contributed by atoms with Gasteiger partial charge in [-0.05, 0) is 36.4 Å². The number of oxazole rings is 1. The zero-order valence-corrected chi connectivity index (χ0v) is 12.3. The van der Waals surface area contributed by atoms with Gasteiger partial charge in [-0.2, -0.15) is 5.11 Å². The maximum atomic E-state index is 5.83. The van der Waals surface area contributed by atoms with Gasteiger partial charge in [0.05, 0.1) is 16.9 Å². The molecule has 0 unspecified atom stereocenters. The minimum absolute atomic E-state index is 0.550. The van der Waals surface area contributed by atoms with Crippen LogP contribution < -0.4 is 0 Å². The molecule has 0 fully saturated rings. The first-order valence-electron chi connectivity index (χ1n) is 7.32. The van der Waals surface area contributed by atoms with Crippen LogP contribution in [-0.2, 0) is 0 Å². The van der Waals surface area contributed by atoms with Gasteiger partial charge in [-0.15, -0.1) is 5.11 Å². The molecule has 110 valence electrons. The van der Waals surface area contributed by atoms with Crippen LogP contribution in [-0.4, -0.2) is 4.98 Å². The quantitative estimate of drug-likeness (QED) is 0.441. The highest BCUT2D eigenvalue weighted by Crippen LogP contribution is 2.32. The first-order valence-corrected chi connectivity index (χ1v) is 7.32. The largest absolute Gasteiger partial charge is 0.436 e. The Kier molecular flexibility index (Phi) is 3.41. The van der Waals surface area contributed by atoms with Crippen LogP contribution in [0.5, 0.6) is 0 Å². The number of benzene rings is 3. The fourth-order valence-corrected chi connectivity index (χ4v) is 2.34. The molecule has 0 radical (unpaired) electrons. The van der Waals surface area contributed by atoms with E-state index in [0.717, 1.165) is 28.0 Å². The van der Waals surface area contributed by atoms with Gasteiger partial charge in [0.2, 0.25) is 5.89 Å². The molecule has 0 saturated carbocycles. The van der Waals surface area contributed by atoms with Crippen LogP contribution in [0.2, 0.25) is 0 Å². The van der Waals surface area contributed by atoms with E-state index < -0.39 is 0 Å². The van der Waals surface area contributed by atoms with E-state index in [9.17, 15) is 0 Å². The summed E-state index contributed by atoms with van der Waals surface area (Å²) in [5.41, 5.74) is 3.95. The average Bonchev–Trinajstić information content (AvgIpc) is 3.05. The zero-order valence-electron chi connectivity index (χ0n) is 12.3. The van der Waals surface area contributed by atoms with E-state index in [4.69, 9.17) is 4.42 Å². The normalized spacial score (nSPS) is 11.3. The Balaban J connectivity index is 1.76. The zero-order chi connectivity index (χ0) is 15.5. The molecule has 0 spiro atoms. The van der Waals surface area contributed by atoms with Crippen LogP contribution >= 0.6 is 0 Å². The number of hydrogen-bond donors (Lipinski definition) is 0. The Labute approximate surface area is 133 Å². The Morgan fingerprint density at radius 1 is 0.696 bits per heavy atom. The van der Waals surface area contributed by atoms with Crippen LogP contribution in [0.1, 0.15) is 0 Å². The third-order valence-corrected chi connectivity index (χ3v) is 3.46. The summed E-state index contributed by atoms with van der Waals surface area (Å²) in [7, 11) is 0. The van der Waals surface area contributed by atoms with E-state index in [1.165, 1.54) is 0 Å². The minimum Gasteiger partial charge on any atom is -0.436 e. The Bertz CT molecular complexity index is 941. The van der Waals surface area contributed by atoms with Gasteiger partial charge >= 0.3 is 0 Å². The molecule has 23 heavy (non-hydrogen) atoms. The predicted octanol–water partition coefficient (Wildman–Crippen LogP) is 5.91. The molecule has 1 aromatic heterocycles. The molecule has 0 bridgehead atoms. The first kappa shape index (κ1) is 13.4. The topological polar surface area (TPSA) is 50.8 Å². The standard InChI is InChI=1S/C19H13N3O/c1-2-8-14(9-3-1)21-22-16-11-5-4-10-15(16)19-20-17-12-6-7-13-18(17)23-19/h1-13H/b22-21+. The Morgan fingerprint density at radius 2 is 1.43 bits per heavy atom. The number of nitrogens with zero attached hydrogens (tertiary/aromatic N) is 3. The second kappa shape index (κ2) is 5.85. The fourth-order valence-electron chi connectivity index (χ4n) is 2.34. The molecule has 4 nitrogen and oxygen atoms in total. The van der Waals surface area contributed by atoms with Gasteiger partial charge in [0, 0.05) is 0 Å². The lowest BCUT2D eigenvalue weighted by Crippen LogP contribution is -1.78. The van der Waals surface area contributed by atoms with Crippen molar-refractivity contribution in [2.24, 2.45) is 10.2 Å². The van der Waals surface area contributed by atoms with Crippen LogP contribution in [0.3, 0.4) is 0 Å². The highest BCUT2D eigenvalue weighted by Gasteiger charge is 2.11. The van der Waals surface area contributed by atoms with Gasteiger partial charge in [-0.3, -0.25) is 0 Å². The van der Waals surface area contributed by atoms with Crippen molar-refractivity contribution in [1.82, 2.24) is 4.98 Å². The van der Waals surface area contributed by atoms with E-state index in [0.29, 0.717) is 5.89 Å². The lowest BCUT2D eigenvalue weighted by molar-refractivity contribution is 0.620. The summed E-state index contributed by atoms with van der Waals surface area (Å²) >= 11 is 0. The maximum Gasteiger partial charge on any atom is 0.229 e. The van der Waals surface area contributed by atoms with E-state index in [-0.39, 0.29) is 0 Å². The maximum absolute atomic E-state index is 5.83. The average molecular weight is 299 g/mol. The summed E-state index contributed by atoms with van der Waals surface area (Å²) in [6.07, 6.45) is 0. The minimum atomic E-state index is 0.550. The highest BCUT2D eigenvalue weighted by molar-refractivity contribution is 5.79. The highest BCUT2D eigenvalue weighted by atomic mass is 16.3. The van der Waals surface area contributed by atoms with Gasteiger partial charge in [0.25, 0.3) is 0 Å². The van der Waals surface area contributed by atoms with Crippen LogP contribution in [0.4, 0.5) is 11.4 Å². The molecular formula is C19H13N3O. The molecule has 1 heterocycles. The van der Waals surface area contributed by atoms with Gasteiger partial charge in [-0.1, -0.05) is 42.5 Å². The Morgan fingerprint density at radius 3 is 2.30 bits per heavy atom. The van der Waals surface area contributed by atoms with Crippen molar-refractivity contribution in [3.63, 3.8) is 0 Å². The predicted molar refractivity (Wildman–Crippen MR) is 90.1 cm³/mol. The summed E-state index contributed by atoms with van der Waals surface area (Å²) in [6, 6.07) is 25.0. The molecule has 0 aliphatic heterocycles. The Hall–Kier alpha value is -3.27. The third kappa shape index (κ3) is 2.74. The van der Waals surface area contributed by atoms with Crippen molar-refractivity contribution in [3.8, 4) is 11.5 Å². The number of rotatable bonds is 3. The molecule has 4 aromatic rings. The molecule has 0 aliphatic carbocycles. The summed E-state index contributed by atoms with van der Waals surface area (Å²) in [4.78, 5) is 4.53. The van der Waals surface area contributed by atoms with Crippen LogP contribution in [0.25, 0.3) is 22.6 Å². The van der Waals surface area contributed by atoms with E-state index in [2.05, 4.69) is 15.2 Å². The van der Waals surface area contributed by atoms with Gasteiger partial charge in [0.15, 0.2) is 5.58 Å². The number of para-hydroxylation sites is 2. The van der Waals surface area contributed by atoms with Crippen molar-refractivity contribution in [2.75, 3.05) is 0 Å². The number of hydrogen-bond acceptors (Lipinski definition) is 4. The van der Waals surface area contributed by atoms with Crippen LogP contribution in [0.15, 0.2) is 93.5 Å². The van der Waals surface area contributed by atoms with E-state index >= 15 is 0 Å². The second-order valence-electron chi connectivity index (χ2n) is 5.04. The molecule has 0 saturated heterocycles. The molecule has 0 aliphatic rings. The molecule has 0 amide bonds. The number of fused-ring (bicyclic) bond motifs is 1. The molecule has 4 heteroatoms. The molecule has 3 aromatic carbocycles. The van der Waals surface area contributed by atoms with E-state index in [1.807, 2.05) is 78.9 Å². The molecular weight excluding hydrogens is 286 g/mol. The van der Waals surface area contributed by atoms with Crippen molar-refractivity contribution in [3.05, 3.63) is 78.9 Å². The van der Waals surface area contributed by atoms with Crippen LogP contribution in [0, 0.1) is 0 Å². The summed E-state index contributed by atoms with van der Waals surface area (Å²) < 4.78 is 5.83. The molecule has 0 N–H and O–H groups in total. The van der Waals surface area contributed by atoms with Crippen molar-refractivity contribution < 1.29 is 4.42 Å². The monoisotopic (exact) mass is 299 g/mol. The lowest BCUT2D eigenvalue weighted by Gasteiger charge is -1.99. The van der Waals surface area contributed by atoms with Gasteiger partial charge in [-0.25, -0.2) is 4.98 Å². The summed E-state index contributed by atoms with van der Waals surface area (Å²) in [5.74, 6) is 0.550. The SMILES string of the molecule is c1ccc(/N=N/c2ccccc2-c2nc3ccccc3o2)cc1. The lowest BCUT2D eigenvalue weighted by atomic mass is 10.2. The van der Waals surface area contributed by atoms with Crippen molar-refractivity contribution in [1.29, 1.82) is 0 Å². The number of azo groups is 1. The molecule has 0 atom stereocenters. The second-order valence-corrected chi connectivity index (χ2v) is 5.04.